The van der Waals surface area contributed by atoms with Crippen LogP contribution in [-0.2, 0) is 0 Å². The van der Waals surface area contributed by atoms with Crippen LogP contribution in [0.15, 0.2) is 0 Å². The van der Waals surface area contributed by atoms with Gasteiger partial charge in [-0.2, -0.15) is 9.97 Å². The van der Waals surface area contributed by atoms with E-state index in [2.05, 4.69) is 27.3 Å². The summed E-state index contributed by atoms with van der Waals surface area (Å²) < 4.78 is 10.8. The molecule has 18 heavy (non-hydrogen) atoms. The van der Waals surface area contributed by atoms with E-state index in [0.29, 0.717) is 6.61 Å². The Morgan fingerprint density at radius 1 is 1.17 bits per heavy atom. The van der Waals surface area contributed by atoms with Crippen molar-refractivity contribution in [1.29, 1.82) is 0 Å². The van der Waals surface area contributed by atoms with Crippen molar-refractivity contribution in [2.75, 3.05) is 12.0 Å². The normalized spacial score (nSPS) is 10.5. The number of aromatic nitrogens is 3. The molecule has 0 spiro atoms. The van der Waals surface area contributed by atoms with Crippen LogP contribution in [0.3, 0.4) is 0 Å². The van der Waals surface area contributed by atoms with E-state index in [9.17, 15) is 0 Å². The van der Waals surface area contributed by atoms with E-state index in [1.807, 2.05) is 13.8 Å². The number of unbranched alkanes of at least 4 members (excludes halogenated alkanes) is 2. The van der Waals surface area contributed by atoms with Gasteiger partial charge >= 0.3 is 12.0 Å². The molecule has 0 bridgehead atoms. The first-order valence-corrected chi connectivity index (χ1v) is 6.17. The molecule has 1 heterocycles. The SMILES string of the molecule is CCCCCOc1nc(NN)nc(OC(C)C)n1. The van der Waals surface area contributed by atoms with Gasteiger partial charge in [0.25, 0.3) is 0 Å². The van der Waals surface area contributed by atoms with Crippen LogP contribution in [0.25, 0.3) is 0 Å². The first-order valence-electron chi connectivity index (χ1n) is 6.17. The third kappa shape index (κ3) is 5.13. The van der Waals surface area contributed by atoms with Crippen molar-refractivity contribution >= 4 is 5.95 Å². The summed E-state index contributed by atoms with van der Waals surface area (Å²) in [4.78, 5) is 12.0. The Morgan fingerprint density at radius 3 is 2.50 bits per heavy atom. The monoisotopic (exact) mass is 255 g/mol. The Labute approximate surface area is 107 Å². The van der Waals surface area contributed by atoms with Gasteiger partial charge in [0.2, 0.25) is 5.95 Å². The third-order valence-electron chi connectivity index (χ3n) is 2.04. The molecular weight excluding hydrogens is 234 g/mol. The number of hydrogen-bond donors (Lipinski definition) is 2. The van der Waals surface area contributed by atoms with Crippen molar-refractivity contribution in [2.45, 2.75) is 46.1 Å². The molecule has 0 aliphatic heterocycles. The average Bonchev–Trinajstić information content (AvgIpc) is 2.33. The molecule has 102 valence electrons. The molecule has 0 saturated heterocycles. The smallest absolute Gasteiger partial charge is 0.324 e. The number of hydrazine groups is 1. The fourth-order valence-electron chi connectivity index (χ4n) is 1.25. The molecule has 0 aromatic carbocycles. The molecular formula is C11H21N5O2. The van der Waals surface area contributed by atoms with E-state index in [1.54, 1.807) is 0 Å². The number of ether oxygens (including phenoxy) is 2. The van der Waals surface area contributed by atoms with Crippen LogP contribution < -0.4 is 20.7 Å². The first-order chi connectivity index (χ1) is 8.65. The highest BCUT2D eigenvalue weighted by Crippen LogP contribution is 2.13. The highest BCUT2D eigenvalue weighted by molar-refractivity contribution is 5.25. The standard InChI is InChI=1S/C11H21N5O2/c1-4-5-6-7-17-10-13-9(16-12)14-11(15-10)18-8(2)3/h8H,4-7,12H2,1-3H3,(H,13,14,15,16). The van der Waals surface area contributed by atoms with Gasteiger partial charge in [-0.15, -0.1) is 4.98 Å². The summed E-state index contributed by atoms with van der Waals surface area (Å²) in [6.45, 7) is 6.49. The minimum Gasteiger partial charge on any atom is -0.463 e. The van der Waals surface area contributed by atoms with Gasteiger partial charge in [0.1, 0.15) is 0 Å². The van der Waals surface area contributed by atoms with Gasteiger partial charge in [0.15, 0.2) is 0 Å². The van der Waals surface area contributed by atoms with Gasteiger partial charge in [0.05, 0.1) is 12.7 Å². The Kier molecular flexibility index (Phi) is 6.13. The molecule has 7 nitrogen and oxygen atoms in total. The number of anilines is 1. The number of rotatable bonds is 8. The zero-order valence-corrected chi connectivity index (χ0v) is 11.1. The second-order valence-corrected chi connectivity index (χ2v) is 4.09. The van der Waals surface area contributed by atoms with Gasteiger partial charge in [-0.3, -0.25) is 5.43 Å². The van der Waals surface area contributed by atoms with Crippen molar-refractivity contribution < 1.29 is 9.47 Å². The fourth-order valence-corrected chi connectivity index (χ4v) is 1.25. The van der Waals surface area contributed by atoms with Crippen molar-refractivity contribution in [3.05, 3.63) is 0 Å². The Morgan fingerprint density at radius 2 is 1.89 bits per heavy atom. The van der Waals surface area contributed by atoms with Crippen LogP contribution in [0.2, 0.25) is 0 Å². The van der Waals surface area contributed by atoms with Gasteiger partial charge in [-0.1, -0.05) is 19.8 Å². The lowest BCUT2D eigenvalue weighted by Gasteiger charge is -2.10. The van der Waals surface area contributed by atoms with Crippen LogP contribution in [0.4, 0.5) is 5.95 Å². The molecule has 0 atom stereocenters. The summed E-state index contributed by atoms with van der Waals surface area (Å²) in [5.74, 6) is 5.51. The van der Waals surface area contributed by atoms with Gasteiger partial charge < -0.3 is 9.47 Å². The maximum absolute atomic E-state index is 5.44. The third-order valence-corrected chi connectivity index (χ3v) is 2.04. The van der Waals surface area contributed by atoms with Crippen molar-refractivity contribution in [1.82, 2.24) is 15.0 Å². The molecule has 0 aliphatic carbocycles. The Bertz CT molecular complexity index is 359. The molecule has 1 aromatic rings. The van der Waals surface area contributed by atoms with Crippen molar-refractivity contribution in [3.63, 3.8) is 0 Å². The summed E-state index contributed by atoms with van der Waals surface area (Å²) in [5, 5.41) is 0. The number of nitrogens with zero attached hydrogens (tertiary/aromatic N) is 3. The molecule has 0 radical (unpaired) electrons. The van der Waals surface area contributed by atoms with E-state index >= 15 is 0 Å². The minimum atomic E-state index is -0.0223. The predicted molar refractivity (Wildman–Crippen MR) is 68.4 cm³/mol. The molecule has 0 amide bonds. The second-order valence-electron chi connectivity index (χ2n) is 4.09. The summed E-state index contributed by atoms with van der Waals surface area (Å²) >= 11 is 0. The molecule has 0 saturated carbocycles. The zero-order chi connectivity index (χ0) is 13.4. The van der Waals surface area contributed by atoms with Crippen LogP contribution in [0.5, 0.6) is 12.0 Å². The number of nitrogens with two attached hydrogens (primary N) is 1. The lowest BCUT2D eigenvalue weighted by atomic mass is 10.3. The maximum Gasteiger partial charge on any atom is 0.324 e. The summed E-state index contributed by atoms with van der Waals surface area (Å²) in [7, 11) is 0. The molecule has 1 rings (SSSR count). The topological polar surface area (TPSA) is 95.2 Å². The molecule has 0 unspecified atom stereocenters. The van der Waals surface area contributed by atoms with E-state index in [4.69, 9.17) is 15.3 Å². The minimum absolute atomic E-state index is 0.0223. The number of nitrogens with one attached hydrogen (secondary N) is 1. The van der Waals surface area contributed by atoms with Gasteiger partial charge in [0, 0.05) is 0 Å². The Hall–Kier alpha value is -1.63. The summed E-state index contributed by atoms with van der Waals surface area (Å²) in [6.07, 6.45) is 3.19. The zero-order valence-electron chi connectivity index (χ0n) is 11.1. The van der Waals surface area contributed by atoms with Crippen molar-refractivity contribution in [3.8, 4) is 12.0 Å². The highest BCUT2D eigenvalue weighted by Gasteiger charge is 2.09. The molecule has 1 aromatic heterocycles. The van der Waals surface area contributed by atoms with Crippen LogP contribution in [0, 0.1) is 0 Å². The molecule has 0 fully saturated rings. The van der Waals surface area contributed by atoms with E-state index in [1.165, 1.54) is 0 Å². The van der Waals surface area contributed by atoms with Gasteiger partial charge in [-0.25, -0.2) is 5.84 Å². The average molecular weight is 255 g/mol. The first kappa shape index (κ1) is 14.4. The maximum atomic E-state index is 5.44. The Balaban J connectivity index is 2.64. The largest absolute Gasteiger partial charge is 0.463 e. The van der Waals surface area contributed by atoms with Gasteiger partial charge in [-0.05, 0) is 20.3 Å². The number of hydrogen-bond acceptors (Lipinski definition) is 7. The molecule has 7 heteroatoms. The summed E-state index contributed by atoms with van der Waals surface area (Å²) in [6, 6.07) is 0.433. The predicted octanol–water partition coefficient (Wildman–Crippen LogP) is 1.51. The summed E-state index contributed by atoms with van der Waals surface area (Å²) in [5.41, 5.74) is 2.36. The number of nitrogen functional groups attached to an aromatic ring is 1. The quantitative estimate of drug-likeness (QED) is 0.413. The van der Waals surface area contributed by atoms with Crippen LogP contribution in [0.1, 0.15) is 40.0 Å². The lowest BCUT2D eigenvalue weighted by molar-refractivity contribution is 0.212. The van der Waals surface area contributed by atoms with E-state index in [-0.39, 0.29) is 24.1 Å². The lowest BCUT2D eigenvalue weighted by Crippen LogP contribution is -2.15. The molecule has 0 aliphatic rings. The second kappa shape index (κ2) is 7.65. The van der Waals surface area contributed by atoms with Crippen LogP contribution >= 0.6 is 0 Å². The highest BCUT2D eigenvalue weighted by atomic mass is 16.5. The van der Waals surface area contributed by atoms with E-state index < -0.39 is 0 Å². The molecule has 3 N–H and O–H groups in total. The van der Waals surface area contributed by atoms with Crippen LogP contribution in [-0.4, -0.2) is 27.7 Å². The van der Waals surface area contributed by atoms with E-state index in [0.717, 1.165) is 19.3 Å². The van der Waals surface area contributed by atoms with Crippen molar-refractivity contribution in [2.24, 2.45) is 5.84 Å². The fraction of sp³-hybridized carbons (Fsp3) is 0.727.